The summed E-state index contributed by atoms with van der Waals surface area (Å²) in [7, 11) is 0. The summed E-state index contributed by atoms with van der Waals surface area (Å²) >= 11 is 0. The van der Waals surface area contributed by atoms with Crippen molar-refractivity contribution in [3.63, 3.8) is 0 Å². The molecule has 15 heavy (non-hydrogen) atoms. The van der Waals surface area contributed by atoms with E-state index in [1.807, 2.05) is 41.5 Å². The van der Waals surface area contributed by atoms with Gasteiger partial charge in [-0.2, -0.15) is 0 Å². The minimum Gasteiger partial charge on any atom is -0.390 e. The minimum atomic E-state index is -0.417. The van der Waals surface area contributed by atoms with E-state index in [1.165, 1.54) is 0 Å². The molecule has 0 aliphatic carbocycles. The molecule has 0 aliphatic rings. The third kappa shape index (κ3) is 8.88. The molecule has 0 bridgehead atoms. The molecule has 2 N–H and O–H groups in total. The van der Waals surface area contributed by atoms with Crippen molar-refractivity contribution in [3.05, 3.63) is 0 Å². The highest BCUT2D eigenvalue weighted by molar-refractivity contribution is 4.71. The minimum absolute atomic E-state index is 0.375. The molecule has 0 aromatic carbocycles. The average Bonchev–Trinajstić information content (AvgIpc) is 2.29. The van der Waals surface area contributed by atoms with Gasteiger partial charge in [0.05, 0.1) is 11.2 Å². The molecule has 0 radical (unpaired) electrons. The monoisotopic (exact) mass is 218 g/mol. The van der Waals surface area contributed by atoms with Gasteiger partial charge in [-0.05, 0) is 39.0 Å². The van der Waals surface area contributed by atoms with E-state index in [-0.39, 0.29) is 5.60 Å². The van der Waals surface area contributed by atoms with Gasteiger partial charge in [-0.25, -0.2) is 0 Å². The van der Waals surface area contributed by atoms with Gasteiger partial charge in [-0.15, -0.1) is 0 Å². The van der Waals surface area contributed by atoms with Crippen molar-refractivity contribution in [2.45, 2.75) is 84.8 Å². The molecule has 0 aromatic rings. The van der Waals surface area contributed by atoms with Gasteiger partial charge in [0.25, 0.3) is 0 Å². The molecule has 0 fully saturated rings. The fraction of sp³-hybridized carbons (Fsp3) is 1.00. The molecular formula is C13H30O2. The third-order valence-corrected chi connectivity index (χ3v) is 3.50. The lowest BCUT2D eigenvalue weighted by Gasteiger charge is -2.22. The van der Waals surface area contributed by atoms with E-state index in [9.17, 15) is 5.11 Å². The van der Waals surface area contributed by atoms with E-state index in [2.05, 4.69) is 0 Å². The maximum absolute atomic E-state index is 9.44. The Balaban J connectivity index is 0. The SMILES string of the molecule is CCC(C)(O)CC.CCC(O)(CC)CC. The summed E-state index contributed by atoms with van der Waals surface area (Å²) in [5.41, 5.74) is -0.792. The zero-order valence-corrected chi connectivity index (χ0v) is 11.4. The molecule has 2 heteroatoms. The Labute approximate surface area is 95.7 Å². The van der Waals surface area contributed by atoms with Crippen molar-refractivity contribution in [2.24, 2.45) is 0 Å². The van der Waals surface area contributed by atoms with Gasteiger partial charge in [0.15, 0.2) is 0 Å². The van der Waals surface area contributed by atoms with E-state index in [0.717, 1.165) is 32.1 Å². The van der Waals surface area contributed by atoms with Crippen molar-refractivity contribution >= 4 is 0 Å². The van der Waals surface area contributed by atoms with Crippen molar-refractivity contribution in [1.29, 1.82) is 0 Å². The predicted octanol–water partition coefficient (Wildman–Crippen LogP) is 3.50. The standard InChI is InChI=1S/C7H16O.C6H14O/c1-4-7(8,5-2)6-3;1-4-6(3,7)5-2/h8H,4-6H2,1-3H3;7H,4-5H2,1-3H3. The molecule has 0 unspecified atom stereocenters. The van der Waals surface area contributed by atoms with Crippen LogP contribution in [0, 0.1) is 0 Å². The fourth-order valence-electron chi connectivity index (χ4n) is 1.000. The van der Waals surface area contributed by atoms with Crippen LogP contribution in [0.5, 0.6) is 0 Å². The van der Waals surface area contributed by atoms with Crippen LogP contribution in [0.15, 0.2) is 0 Å². The summed E-state index contributed by atoms with van der Waals surface area (Å²) in [5, 5.41) is 18.6. The largest absolute Gasteiger partial charge is 0.390 e. The quantitative estimate of drug-likeness (QED) is 0.741. The molecule has 0 saturated heterocycles. The first-order valence-corrected chi connectivity index (χ1v) is 6.25. The molecule has 0 aliphatic heterocycles. The molecule has 94 valence electrons. The Kier molecular flexibility index (Phi) is 9.37. The zero-order valence-electron chi connectivity index (χ0n) is 11.4. The first-order chi connectivity index (χ1) is 6.80. The normalized spacial score (nSPS) is 12.0. The Morgan fingerprint density at radius 3 is 0.933 bits per heavy atom. The van der Waals surface area contributed by atoms with Gasteiger partial charge in [0.1, 0.15) is 0 Å². The molecule has 0 rings (SSSR count). The van der Waals surface area contributed by atoms with Crippen LogP contribution in [0.3, 0.4) is 0 Å². The van der Waals surface area contributed by atoms with E-state index in [4.69, 9.17) is 5.11 Å². The summed E-state index contributed by atoms with van der Waals surface area (Å²) in [6, 6.07) is 0. The number of rotatable bonds is 5. The predicted molar refractivity (Wildman–Crippen MR) is 67.0 cm³/mol. The van der Waals surface area contributed by atoms with Crippen LogP contribution >= 0.6 is 0 Å². The highest BCUT2D eigenvalue weighted by Gasteiger charge is 2.17. The molecule has 0 aromatic heterocycles. The summed E-state index contributed by atoms with van der Waals surface area (Å²) in [4.78, 5) is 0. The Hall–Kier alpha value is -0.0800. The zero-order chi connectivity index (χ0) is 12.5. The second-order valence-electron chi connectivity index (χ2n) is 4.49. The summed E-state index contributed by atoms with van der Waals surface area (Å²) < 4.78 is 0. The van der Waals surface area contributed by atoms with Crippen LogP contribution in [0.25, 0.3) is 0 Å². The summed E-state index contributed by atoms with van der Waals surface area (Å²) in [6.07, 6.45) is 4.33. The van der Waals surface area contributed by atoms with Crippen molar-refractivity contribution in [2.75, 3.05) is 0 Å². The highest BCUT2D eigenvalue weighted by atomic mass is 16.3. The first kappa shape index (κ1) is 17.3. The van der Waals surface area contributed by atoms with Gasteiger partial charge < -0.3 is 10.2 Å². The third-order valence-electron chi connectivity index (χ3n) is 3.50. The molecule has 0 heterocycles. The van der Waals surface area contributed by atoms with Crippen LogP contribution in [-0.4, -0.2) is 21.4 Å². The van der Waals surface area contributed by atoms with Crippen LogP contribution < -0.4 is 0 Å². The van der Waals surface area contributed by atoms with Crippen LogP contribution in [-0.2, 0) is 0 Å². The van der Waals surface area contributed by atoms with Crippen molar-refractivity contribution in [3.8, 4) is 0 Å². The summed E-state index contributed by atoms with van der Waals surface area (Å²) in [5.74, 6) is 0. The van der Waals surface area contributed by atoms with E-state index >= 15 is 0 Å². The Morgan fingerprint density at radius 2 is 0.933 bits per heavy atom. The highest BCUT2D eigenvalue weighted by Crippen LogP contribution is 2.17. The number of hydrogen-bond acceptors (Lipinski definition) is 2. The van der Waals surface area contributed by atoms with Crippen LogP contribution in [0.2, 0.25) is 0 Å². The van der Waals surface area contributed by atoms with Crippen LogP contribution in [0.1, 0.15) is 73.6 Å². The lowest BCUT2D eigenvalue weighted by atomic mass is 9.95. The summed E-state index contributed by atoms with van der Waals surface area (Å²) in [6.45, 7) is 11.9. The van der Waals surface area contributed by atoms with Gasteiger partial charge in [0.2, 0.25) is 0 Å². The van der Waals surface area contributed by atoms with Gasteiger partial charge in [0, 0.05) is 0 Å². The molecule has 0 atom stereocenters. The van der Waals surface area contributed by atoms with Crippen molar-refractivity contribution in [1.82, 2.24) is 0 Å². The molecular weight excluding hydrogens is 188 g/mol. The molecule has 2 nitrogen and oxygen atoms in total. The van der Waals surface area contributed by atoms with E-state index in [0.29, 0.717) is 0 Å². The second kappa shape index (κ2) is 8.12. The lowest BCUT2D eigenvalue weighted by Crippen LogP contribution is -2.24. The molecule has 0 saturated carbocycles. The number of aliphatic hydroxyl groups is 2. The smallest absolute Gasteiger partial charge is 0.0640 e. The van der Waals surface area contributed by atoms with Crippen LogP contribution in [0.4, 0.5) is 0 Å². The fourth-order valence-corrected chi connectivity index (χ4v) is 1.000. The lowest BCUT2D eigenvalue weighted by molar-refractivity contribution is 0.0285. The van der Waals surface area contributed by atoms with Gasteiger partial charge in [-0.1, -0.05) is 34.6 Å². The first-order valence-electron chi connectivity index (χ1n) is 6.25. The molecule has 0 amide bonds. The second-order valence-corrected chi connectivity index (χ2v) is 4.49. The topological polar surface area (TPSA) is 40.5 Å². The van der Waals surface area contributed by atoms with E-state index < -0.39 is 5.60 Å². The van der Waals surface area contributed by atoms with Gasteiger partial charge >= 0.3 is 0 Å². The number of hydrogen-bond donors (Lipinski definition) is 2. The average molecular weight is 218 g/mol. The van der Waals surface area contributed by atoms with Crippen molar-refractivity contribution < 1.29 is 10.2 Å². The van der Waals surface area contributed by atoms with E-state index in [1.54, 1.807) is 0 Å². The maximum atomic E-state index is 9.44. The Morgan fingerprint density at radius 1 is 0.667 bits per heavy atom. The Bertz CT molecular complexity index is 123. The maximum Gasteiger partial charge on any atom is 0.0640 e. The molecule has 0 spiro atoms. The van der Waals surface area contributed by atoms with Gasteiger partial charge in [-0.3, -0.25) is 0 Å².